The normalized spacial score (nSPS) is 21.8. The zero-order valence-corrected chi connectivity index (χ0v) is 11.3. The summed E-state index contributed by atoms with van der Waals surface area (Å²) in [6.07, 6.45) is 7.71. The van der Waals surface area contributed by atoms with Gasteiger partial charge in [-0.3, -0.25) is 0 Å². The van der Waals surface area contributed by atoms with Crippen molar-refractivity contribution in [1.82, 2.24) is 9.55 Å². The summed E-state index contributed by atoms with van der Waals surface area (Å²) in [4.78, 5) is 4.34. The van der Waals surface area contributed by atoms with Crippen LogP contribution in [0.15, 0.2) is 12.4 Å². The summed E-state index contributed by atoms with van der Waals surface area (Å²) >= 11 is 0. The molecular weight excluding hydrogens is 230 g/mol. The van der Waals surface area contributed by atoms with Crippen molar-refractivity contribution in [1.29, 1.82) is 0 Å². The molecule has 18 heavy (non-hydrogen) atoms. The molecule has 102 valence electrons. The molecule has 5 heteroatoms. The number of anilines is 1. The average molecular weight is 253 g/mol. The fourth-order valence-electron chi connectivity index (χ4n) is 2.30. The lowest BCUT2D eigenvalue weighted by Gasteiger charge is -2.23. The maximum absolute atomic E-state index is 5.70. The Morgan fingerprint density at radius 3 is 3.22 bits per heavy atom. The molecule has 1 aromatic rings. The molecule has 2 unspecified atom stereocenters. The minimum absolute atomic E-state index is 0.285. The highest BCUT2D eigenvalue weighted by Gasteiger charge is 2.15. The van der Waals surface area contributed by atoms with E-state index >= 15 is 0 Å². The van der Waals surface area contributed by atoms with Gasteiger partial charge in [-0.05, 0) is 26.2 Å². The predicted octanol–water partition coefficient (Wildman–Crippen LogP) is 2.07. The highest BCUT2D eigenvalue weighted by atomic mass is 16.5. The van der Waals surface area contributed by atoms with Crippen LogP contribution in [0.4, 0.5) is 5.95 Å². The Hall–Kier alpha value is -1.07. The molecule has 0 aliphatic carbocycles. The van der Waals surface area contributed by atoms with Crippen LogP contribution in [0.5, 0.6) is 0 Å². The molecule has 2 atom stereocenters. The first-order valence-corrected chi connectivity index (χ1v) is 6.68. The van der Waals surface area contributed by atoms with Crippen LogP contribution in [-0.2, 0) is 9.47 Å². The van der Waals surface area contributed by atoms with Gasteiger partial charge in [-0.25, -0.2) is 4.98 Å². The van der Waals surface area contributed by atoms with Gasteiger partial charge in [0.1, 0.15) is 0 Å². The molecule has 5 nitrogen and oxygen atoms in total. The maximum atomic E-state index is 5.70. The second-order valence-corrected chi connectivity index (χ2v) is 4.83. The smallest absolute Gasteiger partial charge is 0.203 e. The molecular formula is C13H23N3O2. The van der Waals surface area contributed by atoms with Crippen molar-refractivity contribution in [2.75, 3.05) is 32.2 Å². The molecule has 0 saturated carbocycles. The number of hydrogen-bond acceptors (Lipinski definition) is 4. The van der Waals surface area contributed by atoms with Crippen LogP contribution in [0.25, 0.3) is 0 Å². The summed E-state index contributed by atoms with van der Waals surface area (Å²) in [5.74, 6) is 0.897. The van der Waals surface area contributed by atoms with Crippen LogP contribution in [0.2, 0.25) is 0 Å². The first-order chi connectivity index (χ1) is 8.81. The van der Waals surface area contributed by atoms with E-state index in [0.717, 1.165) is 25.5 Å². The number of rotatable bonds is 6. The third-order valence-electron chi connectivity index (χ3n) is 3.31. The standard InChI is InChI=1S/C13H23N3O2/c1-11(10-17-2)16-7-6-14-13(16)15-9-12-5-3-4-8-18-12/h6-7,11-12H,3-5,8-10H2,1-2H3,(H,14,15). The van der Waals surface area contributed by atoms with Gasteiger partial charge in [-0.1, -0.05) is 0 Å². The van der Waals surface area contributed by atoms with Crippen molar-refractivity contribution in [3.8, 4) is 0 Å². The van der Waals surface area contributed by atoms with E-state index in [0.29, 0.717) is 12.7 Å². The van der Waals surface area contributed by atoms with Gasteiger partial charge >= 0.3 is 0 Å². The molecule has 1 saturated heterocycles. The van der Waals surface area contributed by atoms with Gasteiger partial charge < -0.3 is 19.4 Å². The van der Waals surface area contributed by atoms with Crippen molar-refractivity contribution < 1.29 is 9.47 Å². The zero-order valence-electron chi connectivity index (χ0n) is 11.3. The van der Waals surface area contributed by atoms with Crippen molar-refractivity contribution >= 4 is 5.95 Å². The molecule has 1 aliphatic heterocycles. The number of ether oxygens (including phenoxy) is 2. The Morgan fingerprint density at radius 1 is 1.61 bits per heavy atom. The van der Waals surface area contributed by atoms with Gasteiger partial charge in [0, 0.05) is 32.7 Å². The van der Waals surface area contributed by atoms with Crippen LogP contribution in [0.1, 0.15) is 32.2 Å². The molecule has 1 aliphatic rings. The van der Waals surface area contributed by atoms with E-state index in [1.165, 1.54) is 12.8 Å². The Balaban J connectivity index is 1.86. The van der Waals surface area contributed by atoms with Crippen LogP contribution in [0.3, 0.4) is 0 Å². The average Bonchev–Trinajstić information content (AvgIpc) is 2.86. The molecule has 1 N–H and O–H groups in total. The summed E-state index contributed by atoms with van der Waals surface area (Å²) in [5, 5.41) is 3.37. The number of nitrogens with zero attached hydrogens (tertiary/aromatic N) is 2. The van der Waals surface area contributed by atoms with E-state index < -0.39 is 0 Å². The van der Waals surface area contributed by atoms with Gasteiger partial charge in [0.25, 0.3) is 0 Å². The zero-order chi connectivity index (χ0) is 12.8. The summed E-state index contributed by atoms with van der Waals surface area (Å²) in [7, 11) is 1.72. The molecule has 2 heterocycles. The van der Waals surface area contributed by atoms with E-state index in [1.54, 1.807) is 7.11 Å². The fraction of sp³-hybridized carbons (Fsp3) is 0.769. The third kappa shape index (κ3) is 3.46. The van der Waals surface area contributed by atoms with Gasteiger partial charge in [-0.2, -0.15) is 0 Å². The van der Waals surface area contributed by atoms with E-state index in [2.05, 4.69) is 21.8 Å². The second kappa shape index (κ2) is 6.75. The van der Waals surface area contributed by atoms with Gasteiger partial charge in [0.2, 0.25) is 5.95 Å². The van der Waals surface area contributed by atoms with Crippen molar-refractivity contribution in [3.05, 3.63) is 12.4 Å². The Bertz CT molecular complexity index is 348. The number of nitrogens with one attached hydrogen (secondary N) is 1. The van der Waals surface area contributed by atoms with E-state index in [4.69, 9.17) is 9.47 Å². The molecule has 1 fully saturated rings. The maximum Gasteiger partial charge on any atom is 0.203 e. The van der Waals surface area contributed by atoms with Gasteiger partial charge in [0.15, 0.2) is 0 Å². The minimum atomic E-state index is 0.285. The first-order valence-electron chi connectivity index (χ1n) is 6.68. The SMILES string of the molecule is COCC(C)n1ccnc1NCC1CCCCO1. The number of hydrogen-bond donors (Lipinski definition) is 1. The fourth-order valence-corrected chi connectivity index (χ4v) is 2.30. The number of methoxy groups -OCH3 is 1. The second-order valence-electron chi connectivity index (χ2n) is 4.83. The van der Waals surface area contributed by atoms with Gasteiger partial charge in [-0.15, -0.1) is 0 Å². The Labute approximate surface area is 108 Å². The van der Waals surface area contributed by atoms with Gasteiger partial charge in [0.05, 0.1) is 18.8 Å². The minimum Gasteiger partial charge on any atom is -0.383 e. The predicted molar refractivity (Wildman–Crippen MR) is 70.9 cm³/mol. The van der Waals surface area contributed by atoms with Crippen LogP contribution in [0, 0.1) is 0 Å². The van der Waals surface area contributed by atoms with Crippen molar-refractivity contribution in [2.45, 2.75) is 38.3 Å². The summed E-state index contributed by atoms with van der Waals surface area (Å²) in [5.41, 5.74) is 0. The molecule has 0 bridgehead atoms. The topological polar surface area (TPSA) is 48.3 Å². The summed E-state index contributed by atoms with van der Waals surface area (Å²) < 4.78 is 13.0. The molecule has 1 aromatic heterocycles. The quantitative estimate of drug-likeness (QED) is 0.843. The lowest BCUT2D eigenvalue weighted by Crippen LogP contribution is -2.28. The monoisotopic (exact) mass is 253 g/mol. The summed E-state index contributed by atoms with van der Waals surface area (Å²) in [6.45, 7) is 4.52. The van der Waals surface area contributed by atoms with Crippen molar-refractivity contribution in [3.63, 3.8) is 0 Å². The van der Waals surface area contributed by atoms with E-state index in [1.807, 2.05) is 12.4 Å². The first kappa shape index (κ1) is 13.4. The molecule has 0 spiro atoms. The van der Waals surface area contributed by atoms with Crippen LogP contribution >= 0.6 is 0 Å². The van der Waals surface area contributed by atoms with E-state index in [-0.39, 0.29) is 6.04 Å². The Kier molecular flexibility index (Phi) is 5.01. The van der Waals surface area contributed by atoms with Crippen LogP contribution in [-0.4, -0.2) is 42.5 Å². The van der Waals surface area contributed by atoms with Crippen molar-refractivity contribution in [2.24, 2.45) is 0 Å². The Morgan fingerprint density at radius 2 is 2.50 bits per heavy atom. The van der Waals surface area contributed by atoms with E-state index in [9.17, 15) is 0 Å². The third-order valence-corrected chi connectivity index (χ3v) is 3.31. The molecule has 0 amide bonds. The lowest BCUT2D eigenvalue weighted by molar-refractivity contribution is 0.0246. The largest absolute Gasteiger partial charge is 0.383 e. The highest BCUT2D eigenvalue weighted by Crippen LogP contribution is 2.16. The molecule has 0 aromatic carbocycles. The summed E-state index contributed by atoms with van der Waals surface area (Å²) in [6, 6.07) is 0.285. The molecule has 0 radical (unpaired) electrons. The number of imidazole rings is 1. The number of aromatic nitrogens is 2. The highest BCUT2D eigenvalue weighted by molar-refractivity contribution is 5.26. The lowest BCUT2D eigenvalue weighted by atomic mass is 10.1. The molecule has 2 rings (SSSR count). The van der Waals surface area contributed by atoms with Crippen LogP contribution < -0.4 is 5.32 Å².